The van der Waals surface area contributed by atoms with Gasteiger partial charge in [0.05, 0.1) is 10.7 Å². The summed E-state index contributed by atoms with van der Waals surface area (Å²) in [6.45, 7) is 6.45. The third-order valence-corrected chi connectivity index (χ3v) is 5.02. The minimum atomic E-state index is 0.316. The number of nitrogens with one attached hydrogen (secondary N) is 1. The Bertz CT molecular complexity index is 760. The molecule has 2 aromatic rings. The highest BCUT2D eigenvalue weighted by Crippen LogP contribution is 2.23. The van der Waals surface area contributed by atoms with E-state index in [0.29, 0.717) is 15.9 Å². The molecule has 132 valence electrons. The number of anilines is 1. The molecule has 1 aliphatic rings. The first-order valence-electron chi connectivity index (χ1n) is 8.33. The SMILES string of the molecule is Cc1ccc(NC(=S)N2CCN(Cc3cccc(O)c3)CC2)c(Cl)c1. The largest absolute Gasteiger partial charge is 0.508 e. The lowest BCUT2D eigenvalue weighted by molar-refractivity contribution is 0.177. The molecule has 0 aromatic heterocycles. The zero-order valence-corrected chi connectivity index (χ0v) is 15.8. The predicted molar refractivity (Wildman–Crippen MR) is 107 cm³/mol. The van der Waals surface area contributed by atoms with Crippen molar-refractivity contribution < 1.29 is 5.11 Å². The van der Waals surface area contributed by atoms with Gasteiger partial charge in [-0.25, -0.2) is 0 Å². The first-order chi connectivity index (χ1) is 12.0. The number of benzene rings is 2. The van der Waals surface area contributed by atoms with Gasteiger partial charge in [0.1, 0.15) is 5.75 Å². The Morgan fingerprint density at radius 3 is 2.60 bits per heavy atom. The summed E-state index contributed by atoms with van der Waals surface area (Å²) in [5.41, 5.74) is 3.10. The van der Waals surface area contributed by atoms with Crippen LogP contribution < -0.4 is 5.32 Å². The minimum Gasteiger partial charge on any atom is -0.508 e. The van der Waals surface area contributed by atoms with Crippen molar-refractivity contribution in [2.24, 2.45) is 0 Å². The fraction of sp³-hybridized carbons (Fsp3) is 0.316. The Labute approximate surface area is 159 Å². The van der Waals surface area contributed by atoms with E-state index in [1.807, 2.05) is 43.3 Å². The van der Waals surface area contributed by atoms with E-state index in [0.717, 1.165) is 49.5 Å². The van der Waals surface area contributed by atoms with Gasteiger partial charge < -0.3 is 15.3 Å². The first-order valence-corrected chi connectivity index (χ1v) is 9.12. The molecule has 0 unspecified atom stereocenters. The van der Waals surface area contributed by atoms with Crippen LogP contribution in [0.2, 0.25) is 5.02 Å². The molecule has 0 radical (unpaired) electrons. The minimum absolute atomic E-state index is 0.316. The van der Waals surface area contributed by atoms with Crippen molar-refractivity contribution in [1.29, 1.82) is 0 Å². The van der Waals surface area contributed by atoms with Gasteiger partial charge >= 0.3 is 0 Å². The number of piperazine rings is 1. The number of halogens is 1. The number of thiocarbonyl (C=S) groups is 1. The third-order valence-electron chi connectivity index (χ3n) is 4.34. The summed E-state index contributed by atoms with van der Waals surface area (Å²) in [6, 6.07) is 13.3. The Kier molecular flexibility index (Phi) is 5.78. The normalized spacial score (nSPS) is 15.2. The van der Waals surface area contributed by atoms with Crippen LogP contribution in [0.15, 0.2) is 42.5 Å². The van der Waals surface area contributed by atoms with Crippen molar-refractivity contribution in [3.05, 3.63) is 58.6 Å². The number of phenols is 1. The van der Waals surface area contributed by atoms with Crippen LogP contribution in [0.3, 0.4) is 0 Å². The maximum atomic E-state index is 9.57. The van der Waals surface area contributed by atoms with E-state index in [9.17, 15) is 5.11 Å². The summed E-state index contributed by atoms with van der Waals surface area (Å²) in [7, 11) is 0. The van der Waals surface area contributed by atoms with E-state index < -0.39 is 0 Å². The van der Waals surface area contributed by atoms with Crippen LogP contribution in [-0.4, -0.2) is 46.2 Å². The topological polar surface area (TPSA) is 38.7 Å². The molecule has 0 atom stereocenters. The van der Waals surface area contributed by atoms with Crippen molar-refractivity contribution in [2.75, 3.05) is 31.5 Å². The number of aryl methyl sites for hydroxylation is 1. The summed E-state index contributed by atoms with van der Waals surface area (Å²) >= 11 is 11.8. The highest BCUT2D eigenvalue weighted by Gasteiger charge is 2.19. The smallest absolute Gasteiger partial charge is 0.173 e. The van der Waals surface area contributed by atoms with Gasteiger partial charge in [-0.1, -0.05) is 29.8 Å². The molecule has 1 aliphatic heterocycles. The zero-order valence-electron chi connectivity index (χ0n) is 14.2. The number of rotatable bonds is 3. The van der Waals surface area contributed by atoms with Gasteiger partial charge in [0.25, 0.3) is 0 Å². The maximum Gasteiger partial charge on any atom is 0.173 e. The Morgan fingerprint density at radius 2 is 1.92 bits per heavy atom. The average molecular weight is 376 g/mol. The van der Waals surface area contributed by atoms with E-state index in [4.69, 9.17) is 23.8 Å². The van der Waals surface area contributed by atoms with Crippen LogP contribution in [0.25, 0.3) is 0 Å². The molecular formula is C19H22ClN3OS. The number of aromatic hydroxyl groups is 1. The highest BCUT2D eigenvalue weighted by atomic mass is 35.5. The lowest BCUT2D eigenvalue weighted by Crippen LogP contribution is -2.49. The second-order valence-corrected chi connectivity index (χ2v) is 7.14. The van der Waals surface area contributed by atoms with Crippen LogP contribution in [0.1, 0.15) is 11.1 Å². The lowest BCUT2D eigenvalue weighted by atomic mass is 10.2. The van der Waals surface area contributed by atoms with Gasteiger partial charge in [-0.15, -0.1) is 0 Å². The van der Waals surface area contributed by atoms with Crippen molar-refractivity contribution in [2.45, 2.75) is 13.5 Å². The molecular weight excluding hydrogens is 354 g/mol. The standard InChI is InChI=1S/C19H22ClN3OS/c1-14-5-6-18(17(20)11-14)21-19(25)23-9-7-22(8-10-23)13-15-3-2-4-16(24)12-15/h2-6,11-12,24H,7-10,13H2,1H3,(H,21,25). The summed E-state index contributed by atoms with van der Waals surface area (Å²) < 4.78 is 0. The van der Waals surface area contributed by atoms with Crippen molar-refractivity contribution in [1.82, 2.24) is 9.80 Å². The van der Waals surface area contributed by atoms with Gasteiger partial charge in [0.2, 0.25) is 0 Å². The van der Waals surface area contributed by atoms with Crippen molar-refractivity contribution in [3.63, 3.8) is 0 Å². The summed E-state index contributed by atoms with van der Waals surface area (Å²) in [6.07, 6.45) is 0. The van der Waals surface area contributed by atoms with Crippen LogP contribution >= 0.6 is 23.8 Å². The molecule has 0 saturated carbocycles. The Morgan fingerprint density at radius 1 is 1.16 bits per heavy atom. The molecule has 1 heterocycles. The van der Waals surface area contributed by atoms with Gasteiger partial charge in [-0.05, 0) is 54.5 Å². The average Bonchev–Trinajstić information content (AvgIpc) is 2.58. The Balaban J connectivity index is 1.52. The van der Waals surface area contributed by atoms with Crippen LogP contribution in [0, 0.1) is 6.92 Å². The molecule has 1 saturated heterocycles. The first kappa shape index (κ1) is 18.0. The van der Waals surface area contributed by atoms with E-state index in [2.05, 4.69) is 15.1 Å². The van der Waals surface area contributed by atoms with Crippen LogP contribution in [0.5, 0.6) is 5.75 Å². The molecule has 2 N–H and O–H groups in total. The summed E-state index contributed by atoms with van der Waals surface area (Å²) in [4.78, 5) is 4.54. The van der Waals surface area contributed by atoms with E-state index >= 15 is 0 Å². The summed E-state index contributed by atoms with van der Waals surface area (Å²) in [5, 5.41) is 14.2. The van der Waals surface area contributed by atoms with Gasteiger partial charge in [0, 0.05) is 32.7 Å². The van der Waals surface area contributed by atoms with E-state index in [1.54, 1.807) is 6.07 Å². The number of phenolic OH excluding ortho intramolecular Hbond substituents is 1. The highest BCUT2D eigenvalue weighted by molar-refractivity contribution is 7.80. The lowest BCUT2D eigenvalue weighted by Gasteiger charge is -2.36. The van der Waals surface area contributed by atoms with Gasteiger partial charge in [-0.2, -0.15) is 0 Å². The Hall–Kier alpha value is -1.82. The molecule has 0 aliphatic carbocycles. The monoisotopic (exact) mass is 375 g/mol. The quantitative estimate of drug-likeness (QED) is 0.797. The fourth-order valence-electron chi connectivity index (χ4n) is 2.94. The molecule has 0 spiro atoms. The third kappa shape index (κ3) is 4.84. The fourth-order valence-corrected chi connectivity index (χ4v) is 3.51. The zero-order chi connectivity index (χ0) is 17.8. The molecule has 2 aromatic carbocycles. The maximum absolute atomic E-state index is 9.57. The van der Waals surface area contributed by atoms with Crippen molar-refractivity contribution >= 4 is 34.6 Å². The van der Waals surface area contributed by atoms with Crippen LogP contribution in [0.4, 0.5) is 5.69 Å². The molecule has 6 heteroatoms. The van der Waals surface area contributed by atoms with Crippen LogP contribution in [-0.2, 0) is 6.54 Å². The van der Waals surface area contributed by atoms with E-state index in [-0.39, 0.29) is 0 Å². The van der Waals surface area contributed by atoms with Gasteiger partial charge in [0.15, 0.2) is 5.11 Å². The molecule has 4 nitrogen and oxygen atoms in total. The molecule has 25 heavy (non-hydrogen) atoms. The molecule has 1 fully saturated rings. The second kappa shape index (κ2) is 8.04. The second-order valence-electron chi connectivity index (χ2n) is 6.35. The van der Waals surface area contributed by atoms with Crippen molar-refractivity contribution in [3.8, 4) is 5.75 Å². The summed E-state index contributed by atoms with van der Waals surface area (Å²) in [5.74, 6) is 0.316. The predicted octanol–water partition coefficient (Wildman–Crippen LogP) is 3.87. The molecule has 0 bridgehead atoms. The molecule has 3 rings (SSSR count). The van der Waals surface area contributed by atoms with E-state index in [1.165, 1.54) is 0 Å². The van der Waals surface area contributed by atoms with Gasteiger partial charge in [-0.3, -0.25) is 4.90 Å². The molecule has 0 amide bonds. The number of hydrogen-bond donors (Lipinski definition) is 2. The number of hydrogen-bond acceptors (Lipinski definition) is 3. The number of nitrogens with zero attached hydrogens (tertiary/aromatic N) is 2.